The van der Waals surface area contributed by atoms with Crippen LogP contribution in [0.5, 0.6) is 0 Å². The Labute approximate surface area is 196 Å². The van der Waals surface area contributed by atoms with E-state index >= 15 is 0 Å². The largest absolute Gasteiger partial charge is 0.355 e. The van der Waals surface area contributed by atoms with E-state index < -0.39 is 0 Å². The number of carbonyl (C=O) groups is 1. The number of hydrogen-bond donors (Lipinski definition) is 2. The zero-order valence-electron chi connectivity index (χ0n) is 18.3. The lowest BCUT2D eigenvalue weighted by Gasteiger charge is -2.32. The molecule has 1 amide bonds. The fourth-order valence-electron chi connectivity index (χ4n) is 4.39. The van der Waals surface area contributed by atoms with Gasteiger partial charge in [-0.1, -0.05) is 60.7 Å². The Morgan fingerprint density at radius 3 is 2.67 bits per heavy atom. The smallest absolute Gasteiger partial charge is 0.270 e. The Balaban J connectivity index is 1.31. The van der Waals surface area contributed by atoms with Crippen LogP contribution in [0.4, 0.5) is 5.95 Å². The first kappa shape index (κ1) is 21.4. The molecule has 1 aliphatic rings. The molecule has 2 aromatic carbocycles. The van der Waals surface area contributed by atoms with Crippen molar-refractivity contribution in [3.05, 3.63) is 82.0 Å². The van der Waals surface area contributed by atoms with Crippen LogP contribution in [0.3, 0.4) is 0 Å². The van der Waals surface area contributed by atoms with Gasteiger partial charge in [-0.2, -0.15) is 0 Å². The van der Waals surface area contributed by atoms with Crippen molar-refractivity contribution in [1.82, 2.24) is 15.3 Å². The zero-order valence-corrected chi connectivity index (χ0v) is 19.1. The van der Waals surface area contributed by atoms with E-state index in [1.54, 1.807) is 0 Å². The van der Waals surface area contributed by atoms with E-state index in [4.69, 9.17) is 4.98 Å². The number of anilines is 1. The molecular weight excluding hydrogens is 432 g/mol. The Morgan fingerprint density at radius 2 is 1.88 bits per heavy atom. The van der Waals surface area contributed by atoms with Crippen LogP contribution in [0.15, 0.2) is 70.8 Å². The molecule has 0 unspecified atom stereocenters. The lowest BCUT2D eigenvalue weighted by molar-refractivity contribution is -0.125. The number of fused-ring (bicyclic) bond motifs is 1. The van der Waals surface area contributed by atoms with E-state index in [1.807, 2.05) is 58.8 Å². The second-order valence-electron chi connectivity index (χ2n) is 8.39. The van der Waals surface area contributed by atoms with Crippen molar-refractivity contribution in [2.75, 3.05) is 24.5 Å². The molecule has 1 saturated heterocycles. The summed E-state index contributed by atoms with van der Waals surface area (Å²) < 4.78 is 0.629. The molecule has 1 fully saturated rings. The van der Waals surface area contributed by atoms with Crippen molar-refractivity contribution < 1.29 is 4.79 Å². The summed E-state index contributed by atoms with van der Waals surface area (Å²) in [5.41, 5.74) is 3.82. The van der Waals surface area contributed by atoms with Crippen LogP contribution in [-0.2, 0) is 11.2 Å². The molecule has 0 saturated carbocycles. The van der Waals surface area contributed by atoms with Gasteiger partial charge in [-0.3, -0.25) is 14.6 Å². The monoisotopic (exact) mass is 458 g/mol. The summed E-state index contributed by atoms with van der Waals surface area (Å²) in [5, 5.41) is 5.08. The Kier molecular flexibility index (Phi) is 6.21. The highest BCUT2D eigenvalue weighted by atomic mass is 32.1. The third kappa shape index (κ3) is 4.68. The molecule has 1 atom stereocenters. The van der Waals surface area contributed by atoms with Gasteiger partial charge in [0.15, 0.2) is 0 Å². The van der Waals surface area contributed by atoms with Crippen LogP contribution in [-0.4, -0.2) is 35.5 Å². The standard InChI is InChI=1S/C26H26N4O2S/c31-24(27-14-13-18-8-3-1-4-9-18)20-12-7-15-30(16-20)26-28-22-21(19-10-5-2-6-11-19)17-33-23(22)25(32)29-26/h1-6,8-11,17,20H,7,12-16H2,(H,27,31)(H,28,29,32)/t20-/m1/s1. The zero-order chi connectivity index (χ0) is 22.6. The van der Waals surface area contributed by atoms with Gasteiger partial charge in [-0.25, -0.2) is 4.98 Å². The van der Waals surface area contributed by atoms with Gasteiger partial charge in [0, 0.05) is 30.6 Å². The minimum absolute atomic E-state index is 0.0690. The van der Waals surface area contributed by atoms with Gasteiger partial charge in [0.05, 0.1) is 11.4 Å². The first-order chi connectivity index (χ1) is 16.2. The van der Waals surface area contributed by atoms with Gasteiger partial charge in [-0.05, 0) is 30.4 Å². The second kappa shape index (κ2) is 9.58. The summed E-state index contributed by atoms with van der Waals surface area (Å²) in [4.78, 5) is 35.4. The number of nitrogens with zero attached hydrogens (tertiary/aromatic N) is 2. The third-order valence-corrected chi connectivity index (χ3v) is 7.11. The molecule has 1 aliphatic heterocycles. The third-order valence-electron chi connectivity index (χ3n) is 6.15. The van der Waals surface area contributed by atoms with Crippen LogP contribution in [0.1, 0.15) is 18.4 Å². The average Bonchev–Trinajstić information content (AvgIpc) is 3.30. The van der Waals surface area contributed by atoms with Gasteiger partial charge in [-0.15, -0.1) is 11.3 Å². The summed E-state index contributed by atoms with van der Waals surface area (Å²) in [6, 6.07) is 20.2. The van der Waals surface area contributed by atoms with Crippen molar-refractivity contribution in [2.45, 2.75) is 19.3 Å². The highest BCUT2D eigenvalue weighted by Gasteiger charge is 2.27. The van der Waals surface area contributed by atoms with E-state index in [2.05, 4.69) is 22.4 Å². The van der Waals surface area contributed by atoms with Gasteiger partial charge in [0.2, 0.25) is 11.9 Å². The maximum absolute atomic E-state index is 12.8. The van der Waals surface area contributed by atoms with Crippen molar-refractivity contribution in [1.29, 1.82) is 0 Å². The number of benzene rings is 2. The van der Waals surface area contributed by atoms with Crippen molar-refractivity contribution in [3.63, 3.8) is 0 Å². The Bertz CT molecular complexity index is 1300. The lowest BCUT2D eigenvalue weighted by Crippen LogP contribution is -2.44. The molecule has 0 aliphatic carbocycles. The number of aromatic amines is 1. The maximum atomic E-state index is 12.8. The van der Waals surface area contributed by atoms with Gasteiger partial charge >= 0.3 is 0 Å². The highest BCUT2D eigenvalue weighted by Crippen LogP contribution is 2.32. The molecule has 5 rings (SSSR count). The van der Waals surface area contributed by atoms with E-state index in [9.17, 15) is 9.59 Å². The number of rotatable bonds is 6. The first-order valence-corrected chi connectivity index (χ1v) is 12.2. The maximum Gasteiger partial charge on any atom is 0.270 e. The van der Waals surface area contributed by atoms with Crippen molar-refractivity contribution >= 4 is 33.4 Å². The van der Waals surface area contributed by atoms with Crippen LogP contribution < -0.4 is 15.8 Å². The molecule has 0 radical (unpaired) electrons. The average molecular weight is 459 g/mol. The fraction of sp³-hybridized carbons (Fsp3) is 0.269. The number of hydrogen-bond acceptors (Lipinski definition) is 5. The minimum Gasteiger partial charge on any atom is -0.355 e. The molecule has 0 spiro atoms. The topological polar surface area (TPSA) is 78.1 Å². The normalized spacial score (nSPS) is 16.1. The van der Waals surface area contributed by atoms with Crippen LogP contribution >= 0.6 is 11.3 Å². The number of piperidine rings is 1. The summed E-state index contributed by atoms with van der Waals surface area (Å²) in [6.07, 6.45) is 2.54. The minimum atomic E-state index is -0.128. The van der Waals surface area contributed by atoms with Crippen LogP contribution in [0.25, 0.3) is 21.3 Å². The Morgan fingerprint density at radius 1 is 1.12 bits per heavy atom. The summed E-state index contributed by atoms with van der Waals surface area (Å²) in [7, 11) is 0. The van der Waals surface area contributed by atoms with E-state index in [0.717, 1.165) is 42.5 Å². The van der Waals surface area contributed by atoms with E-state index in [1.165, 1.54) is 16.9 Å². The van der Waals surface area contributed by atoms with Crippen LogP contribution in [0, 0.1) is 5.92 Å². The number of carbonyl (C=O) groups excluding carboxylic acids is 1. The van der Waals surface area contributed by atoms with Gasteiger partial charge in [0.25, 0.3) is 5.56 Å². The predicted octanol–water partition coefficient (Wildman–Crippen LogP) is 4.23. The molecule has 33 heavy (non-hydrogen) atoms. The number of aromatic nitrogens is 2. The number of thiophene rings is 1. The SMILES string of the molecule is O=C(NCCc1ccccc1)[C@@H]1CCCN(c2nc3c(-c4ccccc4)csc3c(=O)[nH]2)C1. The lowest BCUT2D eigenvalue weighted by atomic mass is 9.97. The van der Waals surface area contributed by atoms with Gasteiger partial charge < -0.3 is 10.2 Å². The molecule has 4 aromatic rings. The molecule has 2 aromatic heterocycles. The summed E-state index contributed by atoms with van der Waals surface area (Å²) in [6.45, 7) is 1.94. The number of nitrogens with one attached hydrogen (secondary N) is 2. The molecule has 2 N–H and O–H groups in total. The molecule has 0 bridgehead atoms. The first-order valence-electron chi connectivity index (χ1n) is 11.3. The van der Waals surface area contributed by atoms with E-state index in [-0.39, 0.29) is 17.4 Å². The highest BCUT2D eigenvalue weighted by molar-refractivity contribution is 7.17. The second-order valence-corrected chi connectivity index (χ2v) is 9.27. The predicted molar refractivity (Wildman–Crippen MR) is 134 cm³/mol. The number of amides is 1. The Hall–Kier alpha value is -3.45. The molecule has 6 nitrogen and oxygen atoms in total. The summed E-state index contributed by atoms with van der Waals surface area (Å²) >= 11 is 1.41. The molecule has 3 heterocycles. The quantitative estimate of drug-likeness (QED) is 0.453. The van der Waals surface area contributed by atoms with Gasteiger partial charge in [0.1, 0.15) is 4.70 Å². The van der Waals surface area contributed by atoms with Crippen molar-refractivity contribution in [3.8, 4) is 11.1 Å². The molecule has 168 valence electrons. The summed E-state index contributed by atoms with van der Waals surface area (Å²) in [5.74, 6) is 0.496. The number of H-pyrrole nitrogens is 1. The van der Waals surface area contributed by atoms with Crippen LogP contribution in [0.2, 0.25) is 0 Å². The van der Waals surface area contributed by atoms with Crippen molar-refractivity contribution in [2.24, 2.45) is 5.92 Å². The van der Waals surface area contributed by atoms with E-state index in [0.29, 0.717) is 23.7 Å². The molecular formula is C26H26N4O2S. The fourth-order valence-corrected chi connectivity index (χ4v) is 5.30. The molecule has 7 heteroatoms.